The summed E-state index contributed by atoms with van der Waals surface area (Å²) in [6.07, 6.45) is 3.27. The molecule has 0 spiro atoms. The highest BCUT2D eigenvalue weighted by atomic mass is 32.2. The smallest absolute Gasteiger partial charge is 0.267 e. The highest BCUT2D eigenvalue weighted by molar-refractivity contribution is 7.90. The van der Waals surface area contributed by atoms with Gasteiger partial charge in [-0.2, -0.15) is 10.1 Å². The number of fused-ring (bicyclic) bond motifs is 1. The van der Waals surface area contributed by atoms with Crippen molar-refractivity contribution in [1.29, 1.82) is 0 Å². The molecule has 0 saturated heterocycles. The molecule has 6 nitrogen and oxygen atoms in total. The van der Waals surface area contributed by atoms with E-state index in [0.717, 1.165) is 5.39 Å². The van der Waals surface area contributed by atoms with Gasteiger partial charge in [-0.15, -0.1) is 0 Å². The maximum Gasteiger partial charge on any atom is 0.280 e. The van der Waals surface area contributed by atoms with Crippen LogP contribution in [0.15, 0.2) is 107 Å². The number of carbonyl (C=O) groups excluding carboxylic acids is 1. The largest absolute Gasteiger partial charge is 0.280 e. The van der Waals surface area contributed by atoms with Crippen molar-refractivity contribution in [1.82, 2.24) is 3.97 Å². The second-order valence-electron chi connectivity index (χ2n) is 7.41. The molecule has 0 radical (unpaired) electrons. The van der Waals surface area contributed by atoms with Gasteiger partial charge >= 0.3 is 0 Å². The molecular formula is C25H19N3O3S. The Balaban J connectivity index is 1.63. The molecule has 1 aliphatic rings. The van der Waals surface area contributed by atoms with Gasteiger partial charge in [-0.25, -0.2) is 12.4 Å². The Morgan fingerprint density at radius 2 is 1.47 bits per heavy atom. The summed E-state index contributed by atoms with van der Waals surface area (Å²) in [6, 6.07) is 24.7. The first kappa shape index (κ1) is 20.0. The molecule has 1 aromatic heterocycles. The predicted octanol–water partition coefficient (Wildman–Crippen LogP) is 4.68. The zero-order chi connectivity index (χ0) is 22.3. The number of para-hydroxylation sites is 2. The zero-order valence-electron chi connectivity index (χ0n) is 17.2. The Kier molecular flexibility index (Phi) is 4.75. The number of benzene rings is 3. The van der Waals surface area contributed by atoms with Crippen molar-refractivity contribution in [2.45, 2.75) is 11.8 Å². The molecule has 0 aliphatic carbocycles. The van der Waals surface area contributed by atoms with Gasteiger partial charge in [0.2, 0.25) is 0 Å². The fourth-order valence-electron chi connectivity index (χ4n) is 3.78. The molecule has 1 amide bonds. The molecule has 158 valence electrons. The van der Waals surface area contributed by atoms with Crippen molar-refractivity contribution in [2.75, 3.05) is 5.01 Å². The lowest BCUT2D eigenvalue weighted by atomic mass is 10.1. The molecule has 0 atom stereocenters. The third kappa shape index (κ3) is 3.23. The molecule has 5 rings (SSSR count). The lowest BCUT2D eigenvalue weighted by Gasteiger charge is -2.10. The Morgan fingerprint density at radius 3 is 2.19 bits per heavy atom. The second kappa shape index (κ2) is 7.62. The third-order valence-electron chi connectivity index (χ3n) is 5.37. The van der Waals surface area contributed by atoms with Crippen LogP contribution in [0.25, 0.3) is 17.0 Å². The molecule has 32 heavy (non-hydrogen) atoms. The third-order valence-corrected chi connectivity index (χ3v) is 7.06. The fourth-order valence-corrected chi connectivity index (χ4v) is 5.18. The number of amides is 1. The van der Waals surface area contributed by atoms with Gasteiger partial charge in [0.05, 0.1) is 27.4 Å². The van der Waals surface area contributed by atoms with E-state index in [-0.39, 0.29) is 10.8 Å². The number of anilines is 1. The molecule has 2 heterocycles. The van der Waals surface area contributed by atoms with Crippen LogP contribution in [0, 0.1) is 0 Å². The van der Waals surface area contributed by atoms with Gasteiger partial charge < -0.3 is 0 Å². The van der Waals surface area contributed by atoms with E-state index in [1.807, 2.05) is 42.5 Å². The van der Waals surface area contributed by atoms with E-state index in [4.69, 9.17) is 0 Å². The Bertz CT molecular complexity index is 1500. The lowest BCUT2D eigenvalue weighted by Crippen LogP contribution is -2.21. The number of rotatable bonds is 4. The van der Waals surface area contributed by atoms with E-state index in [2.05, 4.69) is 5.10 Å². The Labute approximate surface area is 185 Å². The van der Waals surface area contributed by atoms with Gasteiger partial charge in [-0.05, 0) is 43.3 Å². The van der Waals surface area contributed by atoms with Crippen LogP contribution in [0.5, 0.6) is 0 Å². The van der Waals surface area contributed by atoms with Gasteiger partial charge in [0, 0.05) is 17.1 Å². The molecule has 7 heteroatoms. The fraction of sp³-hybridized carbons (Fsp3) is 0.0400. The maximum atomic E-state index is 13.3. The monoisotopic (exact) mass is 441 g/mol. The van der Waals surface area contributed by atoms with Crippen LogP contribution >= 0.6 is 0 Å². The average Bonchev–Trinajstić information content (AvgIpc) is 3.34. The average molecular weight is 442 g/mol. The van der Waals surface area contributed by atoms with Crippen LogP contribution < -0.4 is 5.01 Å². The van der Waals surface area contributed by atoms with Gasteiger partial charge in [0.1, 0.15) is 0 Å². The highest BCUT2D eigenvalue weighted by Gasteiger charge is 2.29. The quantitative estimate of drug-likeness (QED) is 0.432. The summed E-state index contributed by atoms with van der Waals surface area (Å²) in [5.41, 5.74) is 2.85. The van der Waals surface area contributed by atoms with Crippen LogP contribution in [0.3, 0.4) is 0 Å². The predicted molar refractivity (Wildman–Crippen MR) is 126 cm³/mol. The summed E-state index contributed by atoms with van der Waals surface area (Å²) in [5, 5.41) is 6.50. The van der Waals surface area contributed by atoms with Crippen LogP contribution in [0.2, 0.25) is 0 Å². The summed E-state index contributed by atoms with van der Waals surface area (Å²) in [7, 11) is -3.80. The van der Waals surface area contributed by atoms with E-state index in [1.165, 1.54) is 8.98 Å². The first-order valence-corrected chi connectivity index (χ1v) is 11.5. The summed E-state index contributed by atoms with van der Waals surface area (Å²) in [4.78, 5) is 13.3. The number of nitrogens with zero attached hydrogens (tertiary/aromatic N) is 3. The number of hydrogen-bond donors (Lipinski definition) is 0. The van der Waals surface area contributed by atoms with E-state index < -0.39 is 10.0 Å². The Morgan fingerprint density at radius 1 is 0.844 bits per heavy atom. The molecule has 3 aromatic carbocycles. The van der Waals surface area contributed by atoms with Crippen LogP contribution in [-0.2, 0) is 14.8 Å². The van der Waals surface area contributed by atoms with E-state index in [1.54, 1.807) is 61.7 Å². The molecule has 1 aliphatic heterocycles. The maximum absolute atomic E-state index is 13.3. The minimum atomic E-state index is -3.80. The van der Waals surface area contributed by atoms with Crippen molar-refractivity contribution in [2.24, 2.45) is 5.10 Å². The van der Waals surface area contributed by atoms with Gasteiger partial charge in [0.15, 0.2) is 0 Å². The molecule has 0 fully saturated rings. The van der Waals surface area contributed by atoms with E-state index in [0.29, 0.717) is 28.1 Å². The SMILES string of the molecule is CC1=NN(c2ccccc2)C(=O)/C1=C/c1cn(S(=O)(=O)c2ccccc2)c2ccccc12. The molecule has 0 unspecified atom stereocenters. The number of carbonyl (C=O) groups is 1. The topological polar surface area (TPSA) is 71.7 Å². The summed E-state index contributed by atoms with van der Waals surface area (Å²) in [6.45, 7) is 1.77. The highest BCUT2D eigenvalue weighted by Crippen LogP contribution is 2.30. The second-order valence-corrected chi connectivity index (χ2v) is 9.23. The Hall–Kier alpha value is -3.97. The first-order valence-electron chi connectivity index (χ1n) is 10.0. The van der Waals surface area contributed by atoms with Crippen molar-refractivity contribution in [3.8, 4) is 0 Å². The summed E-state index contributed by atoms with van der Waals surface area (Å²) in [5.74, 6) is -0.253. The minimum Gasteiger partial charge on any atom is -0.267 e. The molecule has 0 bridgehead atoms. The summed E-state index contributed by atoms with van der Waals surface area (Å²) < 4.78 is 27.9. The normalized spacial score (nSPS) is 15.5. The summed E-state index contributed by atoms with van der Waals surface area (Å²) >= 11 is 0. The van der Waals surface area contributed by atoms with Crippen molar-refractivity contribution < 1.29 is 13.2 Å². The molecule has 0 saturated carbocycles. The number of hydrazone groups is 1. The van der Waals surface area contributed by atoms with Crippen molar-refractivity contribution in [3.63, 3.8) is 0 Å². The van der Waals surface area contributed by atoms with Crippen LogP contribution in [-0.4, -0.2) is 24.0 Å². The van der Waals surface area contributed by atoms with Gasteiger partial charge in [-0.3, -0.25) is 4.79 Å². The van der Waals surface area contributed by atoms with Crippen molar-refractivity contribution in [3.05, 3.63) is 102 Å². The number of hydrogen-bond acceptors (Lipinski definition) is 4. The minimum absolute atomic E-state index is 0.199. The molecule has 0 N–H and O–H groups in total. The zero-order valence-corrected chi connectivity index (χ0v) is 18.0. The van der Waals surface area contributed by atoms with E-state index in [9.17, 15) is 13.2 Å². The number of aromatic nitrogens is 1. The van der Waals surface area contributed by atoms with Crippen LogP contribution in [0.1, 0.15) is 12.5 Å². The lowest BCUT2D eigenvalue weighted by molar-refractivity contribution is -0.114. The first-order chi connectivity index (χ1) is 15.5. The van der Waals surface area contributed by atoms with Crippen LogP contribution in [0.4, 0.5) is 5.69 Å². The van der Waals surface area contributed by atoms with Crippen molar-refractivity contribution >= 4 is 44.3 Å². The van der Waals surface area contributed by atoms with E-state index >= 15 is 0 Å². The van der Waals surface area contributed by atoms with Gasteiger partial charge in [-0.1, -0.05) is 54.6 Å². The molecule has 4 aromatic rings. The standard InChI is InChI=1S/C25H19N3O3S/c1-18-23(25(29)28(26-18)20-10-4-2-5-11-20)16-19-17-27(24-15-9-8-14-22(19)24)32(30,31)21-12-6-3-7-13-21/h2-17H,1H3/b23-16+. The molecular weight excluding hydrogens is 422 g/mol. The van der Waals surface area contributed by atoms with Gasteiger partial charge in [0.25, 0.3) is 15.9 Å².